The molecule has 0 aliphatic rings. The predicted octanol–water partition coefficient (Wildman–Crippen LogP) is 2.27. The number of rotatable bonds is 4. The fourth-order valence-corrected chi connectivity index (χ4v) is 3.25. The number of benzene rings is 2. The molecule has 2 aromatic rings. The molecule has 0 heterocycles. The first kappa shape index (κ1) is 15.3. The molecule has 0 saturated carbocycles. The quantitative estimate of drug-likeness (QED) is 0.844. The van der Waals surface area contributed by atoms with Gasteiger partial charge in [-0.3, -0.25) is 0 Å². The van der Waals surface area contributed by atoms with E-state index in [4.69, 9.17) is 22.6 Å². The minimum absolute atomic E-state index is 0.0438. The summed E-state index contributed by atoms with van der Waals surface area (Å²) in [4.78, 5) is -0.127. The van der Waals surface area contributed by atoms with Gasteiger partial charge in [0, 0.05) is 12.2 Å². The molecule has 2 rings (SSSR count). The van der Waals surface area contributed by atoms with Crippen LogP contribution in [0.2, 0.25) is 5.02 Å². The summed E-state index contributed by atoms with van der Waals surface area (Å²) in [7, 11) is -3.83. The Morgan fingerprint density at radius 2 is 1.95 bits per heavy atom. The first-order valence-electron chi connectivity index (χ1n) is 5.97. The average Bonchev–Trinajstić information content (AvgIpc) is 2.47. The van der Waals surface area contributed by atoms with Crippen LogP contribution in [0.1, 0.15) is 11.1 Å². The third-order valence-corrected chi connectivity index (χ3v) is 4.74. The molecule has 3 N–H and O–H groups in total. The Bertz CT molecular complexity index is 813. The molecule has 7 heteroatoms. The van der Waals surface area contributed by atoms with Crippen molar-refractivity contribution in [1.29, 1.82) is 5.26 Å². The number of nitriles is 1. The van der Waals surface area contributed by atoms with Gasteiger partial charge in [-0.05, 0) is 29.8 Å². The number of hydrogen-bond donors (Lipinski definition) is 2. The van der Waals surface area contributed by atoms with E-state index in [2.05, 4.69) is 4.72 Å². The van der Waals surface area contributed by atoms with Crippen molar-refractivity contribution in [2.45, 2.75) is 11.4 Å². The number of halogens is 1. The van der Waals surface area contributed by atoms with E-state index >= 15 is 0 Å². The second-order valence-electron chi connectivity index (χ2n) is 4.28. The van der Waals surface area contributed by atoms with Crippen molar-refractivity contribution in [2.75, 3.05) is 5.73 Å². The van der Waals surface area contributed by atoms with E-state index in [1.54, 1.807) is 24.3 Å². The van der Waals surface area contributed by atoms with E-state index in [0.717, 1.165) is 0 Å². The van der Waals surface area contributed by atoms with Gasteiger partial charge in [0.25, 0.3) is 0 Å². The summed E-state index contributed by atoms with van der Waals surface area (Å²) in [5.41, 5.74) is 7.14. The lowest BCUT2D eigenvalue weighted by Gasteiger charge is -2.10. The highest BCUT2D eigenvalue weighted by Crippen LogP contribution is 2.23. The van der Waals surface area contributed by atoms with Crippen molar-refractivity contribution in [3.8, 4) is 6.07 Å². The smallest absolute Gasteiger partial charge is 0.242 e. The number of anilines is 1. The second-order valence-corrected chi connectivity index (χ2v) is 6.42. The largest absolute Gasteiger partial charge is 0.398 e. The van der Waals surface area contributed by atoms with E-state index in [-0.39, 0.29) is 22.0 Å². The number of nitrogens with zero attached hydrogens (tertiary/aromatic N) is 1. The molecule has 0 spiro atoms. The Balaban J connectivity index is 2.28. The number of nitrogens with one attached hydrogen (secondary N) is 1. The Hall–Kier alpha value is -2.07. The second kappa shape index (κ2) is 6.14. The van der Waals surface area contributed by atoms with Gasteiger partial charge in [0.15, 0.2) is 0 Å². The fraction of sp³-hybridized carbons (Fsp3) is 0.0714. The molecule has 0 bridgehead atoms. The number of nitrogens with two attached hydrogens (primary N) is 1. The zero-order chi connectivity index (χ0) is 15.5. The third-order valence-electron chi connectivity index (χ3n) is 2.86. The zero-order valence-electron chi connectivity index (χ0n) is 10.9. The van der Waals surface area contributed by atoms with E-state index in [9.17, 15) is 8.42 Å². The van der Waals surface area contributed by atoms with Gasteiger partial charge in [-0.1, -0.05) is 29.8 Å². The minimum atomic E-state index is -3.83. The number of para-hydroxylation sites is 1. The van der Waals surface area contributed by atoms with Crippen LogP contribution in [0.15, 0.2) is 47.4 Å². The third kappa shape index (κ3) is 3.52. The summed E-state index contributed by atoms with van der Waals surface area (Å²) in [6.45, 7) is 0.0438. The molecule has 0 aliphatic heterocycles. The van der Waals surface area contributed by atoms with Gasteiger partial charge < -0.3 is 5.73 Å². The Morgan fingerprint density at radius 3 is 2.62 bits per heavy atom. The van der Waals surface area contributed by atoms with E-state index in [0.29, 0.717) is 11.3 Å². The van der Waals surface area contributed by atoms with Crippen LogP contribution >= 0.6 is 11.6 Å². The van der Waals surface area contributed by atoms with E-state index < -0.39 is 10.0 Å². The Kier molecular flexibility index (Phi) is 4.48. The van der Waals surface area contributed by atoms with Crippen LogP contribution in [0.25, 0.3) is 0 Å². The first-order chi connectivity index (χ1) is 9.94. The number of sulfonamides is 1. The molecule has 108 valence electrons. The van der Waals surface area contributed by atoms with Crippen molar-refractivity contribution in [3.05, 3.63) is 58.6 Å². The summed E-state index contributed by atoms with van der Waals surface area (Å²) >= 11 is 5.90. The maximum absolute atomic E-state index is 12.3. The van der Waals surface area contributed by atoms with Crippen molar-refractivity contribution in [3.63, 3.8) is 0 Å². The highest BCUT2D eigenvalue weighted by atomic mass is 35.5. The highest BCUT2D eigenvalue weighted by molar-refractivity contribution is 7.89. The van der Waals surface area contributed by atoms with Crippen LogP contribution in [0.4, 0.5) is 5.69 Å². The molecule has 0 aliphatic carbocycles. The highest BCUT2D eigenvalue weighted by Gasteiger charge is 2.18. The SMILES string of the molecule is N#Cc1ccc(Cl)c(S(=O)(=O)NCc2ccccc2N)c1. The van der Waals surface area contributed by atoms with Crippen LogP contribution < -0.4 is 10.5 Å². The molecule has 5 nitrogen and oxygen atoms in total. The van der Waals surface area contributed by atoms with Gasteiger partial charge in [0.2, 0.25) is 10.0 Å². The number of nitrogen functional groups attached to an aromatic ring is 1. The monoisotopic (exact) mass is 321 g/mol. The van der Waals surface area contributed by atoms with Crippen molar-refractivity contribution in [2.24, 2.45) is 0 Å². The minimum Gasteiger partial charge on any atom is -0.398 e. The van der Waals surface area contributed by atoms with Crippen molar-refractivity contribution in [1.82, 2.24) is 4.72 Å². The average molecular weight is 322 g/mol. The molecule has 0 saturated heterocycles. The lowest BCUT2D eigenvalue weighted by atomic mass is 10.2. The van der Waals surface area contributed by atoms with Crippen molar-refractivity contribution >= 4 is 27.3 Å². The molecule has 21 heavy (non-hydrogen) atoms. The lowest BCUT2D eigenvalue weighted by Crippen LogP contribution is -2.24. The summed E-state index contributed by atoms with van der Waals surface area (Å²) in [6.07, 6.45) is 0. The van der Waals surface area contributed by atoms with Gasteiger partial charge >= 0.3 is 0 Å². The summed E-state index contributed by atoms with van der Waals surface area (Å²) in [6, 6.07) is 12.9. The van der Waals surface area contributed by atoms with Crippen LogP contribution in [0, 0.1) is 11.3 Å². The van der Waals surface area contributed by atoms with Gasteiger partial charge in [-0.2, -0.15) is 5.26 Å². The topological polar surface area (TPSA) is 96.0 Å². The first-order valence-corrected chi connectivity index (χ1v) is 7.83. The summed E-state index contributed by atoms with van der Waals surface area (Å²) < 4.78 is 26.9. The predicted molar refractivity (Wildman–Crippen MR) is 81.0 cm³/mol. The molecular weight excluding hydrogens is 310 g/mol. The normalized spacial score (nSPS) is 11.0. The molecule has 0 amide bonds. The molecule has 0 radical (unpaired) electrons. The summed E-state index contributed by atoms with van der Waals surface area (Å²) in [5, 5.41) is 8.90. The van der Waals surface area contributed by atoms with Crippen LogP contribution in [0.3, 0.4) is 0 Å². The standard InChI is InChI=1S/C14H12ClN3O2S/c15-12-6-5-10(8-16)7-14(12)21(19,20)18-9-11-3-1-2-4-13(11)17/h1-7,18H,9,17H2. The maximum atomic E-state index is 12.3. The molecule has 0 fully saturated rings. The Labute approximate surface area is 128 Å². The van der Waals surface area contributed by atoms with Gasteiger partial charge in [-0.25, -0.2) is 13.1 Å². The maximum Gasteiger partial charge on any atom is 0.242 e. The fourth-order valence-electron chi connectivity index (χ4n) is 1.72. The zero-order valence-corrected chi connectivity index (χ0v) is 12.4. The van der Waals surface area contributed by atoms with Crippen LogP contribution in [-0.4, -0.2) is 8.42 Å². The number of hydrogen-bond acceptors (Lipinski definition) is 4. The Morgan fingerprint density at radius 1 is 1.24 bits per heavy atom. The van der Waals surface area contributed by atoms with Crippen molar-refractivity contribution < 1.29 is 8.42 Å². The molecular formula is C14H12ClN3O2S. The molecule has 0 atom stereocenters. The lowest BCUT2D eigenvalue weighted by molar-refractivity contribution is 0.581. The summed E-state index contributed by atoms with van der Waals surface area (Å²) in [5.74, 6) is 0. The van der Waals surface area contributed by atoms with Gasteiger partial charge in [0.05, 0.1) is 16.7 Å². The van der Waals surface area contributed by atoms with Gasteiger partial charge in [-0.15, -0.1) is 0 Å². The molecule has 0 aromatic heterocycles. The van der Waals surface area contributed by atoms with Crippen LogP contribution in [-0.2, 0) is 16.6 Å². The molecule has 0 unspecified atom stereocenters. The van der Waals surface area contributed by atoms with Gasteiger partial charge in [0.1, 0.15) is 4.90 Å². The van der Waals surface area contributed by atoms with E-state index in [1.807, 2.05) is 6.07 Å². The molecule has 2 aromatic carbocycles. The van der Waals surface area contributed by atoms with Crippen LogP contribution in [0.5, 0.6) is 0 Å². The van der Waals surface area contributed by atoms with E-state index in [1.165, 1.54) is 18.2 Å².